The SMILES string of the molecule is CCCC1=Cc2c(-c3cccc4ccccc34)cccc2C1C1=CC=CC2(C)C3(C)C=CC=CC3(C)C3(C)C4(C)C(C)=CC=CC4CC3(C)C12C. The van der Waals surface area contributed by atoms with Crippen LogP contribution < -0.4 is 0 Å². The van der Waals surface area contributed by atoms with E-state index in [-0.39, 0.29) is 43.8 Å². The summed E-state index contributed by atoms with van der Waals surface area (Å²) in [6.07, 6.45) is 31.2. The van der Waals surface area contributed by atoms with Crippen LogP contribution >= 0.6 is 0 Å². The van der Waals surface area contributed by atoms with Crippen LogP contribution in [0.1, 0.15) is 98.6 Å². The molecule has 0 N–H and O–H groups in total. The molecule has 0 amide bonds. The van der Waals surface area contributed by atoms with Crippen molar-refractivity contribution in [1.29, 1.82) is 0 Å². The number of hydrogen-bond donors (Lipinski definition) is 0. The highest BCUT2D eigenvalue weighted by Crippen LogP contribution is 2.91. The van der Waals surface area contributed by atoms with Crippen LogP contribution in [0, 0.1) is 43.8 Å². The first-order chi connectivity index (χ1) is 24.3. The zero-order valence-electron chi connectivity index (χ0n) is 32.4. The second kappa shape index (κ2) is 10.4. The second-order valence-corrected chi connectivity index (χ2v) is 18.4. The molecule has 260 valence electrons. The first kappa shape index (κ1) is 33.0. The lowest BCUT2D eigenvalue weighted by atomic mass is 9.22. The Morgan fingerprint density at radius 3 is 2.16 bits per heavy atom. The van der Waals surface area contributed by atoms with E-state index < -0.39 is 0 Å². The molecule has 0 heteroatoms. The quantitative estimate of drug-likeness (QED) is 0.260. The number of fused-ring (bicyclic) bond motifs is 10. The fourth-order valence-corrected chi connectivity index (χ4v) is 14.3. The second-order valence-electron chi connectivity index (χ2n) is 18.4. The molecule has 9 atom stereocenters. The van der Waals surface area contributed by atoms with Crippen LogP contribution in [0.3, 0.4) is 0 Å². The number of rotatable bonds is 4. The molecule has 2 saturated carbocycles. The maximum absolute atomic E-state index is 2.74. The molecule has 2 fully saturated rings. The lowest BCUT2D eigenvalue weighted by molar-refractivity contribution is -0.267. The molecule has 3 aromatic rings. The summed E-state index contributed by atoms with van der Waals surface area (Å²) in [5, 5.41) is 2.64. The summed E-state index contributed by atoms with van der Waals surface area (Å²) in [4.78, 5) is 0. The molecule has 0 heterocycles. The summed E-state index contributed by atoms with van der Waals surface area (Å²) in [6.45, 7) is 23.6. The highest BCUT2D eigenvalue weighted by Gasteiger charge is 2.85. The Labute approximate surface area is 307 Å². The Balaban J connectivity index is 1.32. The molecule has 0 aromatic heterocycles. The van der Waals surface area contributed by atoms with Crippen LogP contribution in [0.15, 0.2) is 138 Å². The van der Waals surface area contributed by atoms with Crippen molar-refractivity contribution in [2.75, 3.05) is 0 Å². The van der Waals surface area contributed by atoms with E-state index in [1.807, 2.05) is 0 Å². The average Bonchev–Trinajstić information content (AvgIpc) is 3.58. The molecular weight excluding hydrogens is 613 g/mol. The summed E-state index contributed by atoms with van der Waals surface area (Å²) in [5.41, 5.74) is 9.89. The molecule has 9 unspecified atom stereocenters. The lowest BCUT2D eigenvalue weighted by Gasteiger charge is -2.80. The van der Waals surface area contributed by atoms with Gasteiger partial charge in [0.2, 0.25) is 0 Å². The van der Waals surface area contributed by atoms with Crippen LogP contribution in [0.25, 0.3) is 28.0 Å². The van der Waals surface area contributed by atoms with Gasteiger partial charge in [-0.05, 0) is 69.5 Å². The Kier molecular flexibility index (Phi) is 6.70. The molecule has 3 aromatic carbocycles. The number of allylic oxidation sites excluding steroid dienone is 13. The van der Waals surface area contributed by atoms with E-state index in [0.717, 1.165) is 12.8 Å². The van der Waals surface area contributed by atoms with Crippen molar-refractivity contribution in [2.45, 2.75) is 87.5 Å². The van der Waals surface area contributed by atoms with Gasteiger partial charge in [-0.25, -0.2) is 0 Å². The molecule has 0 radical (unpaired) electrons. The van der Waals surface area contributed by atoms with Crippen molar-refractivity contribution in [1.82, 2.24) is 0 Å². The van der Waals surface area contributed by atoms with E-state index in [1.165, 1.54) is 39.4 Å². The van der Waals surface area contributed by atoms with Gasteiger partial charge in [0.1, 0.15) is 0 Å². The Hall–Kier alpha value is -3.90. The van der Waals surface area contributed by atoms with Gasteiger partial charge >= 0.3 is 0 Å². The predicted octanol–water partition coefficient (Wildman–Crippen LogP) is 14.0. The molecule has 6 aliphatic carbocycles. The number of hydrogen-bond acceptors (Lipinski definition) is 0. The van der Waals surface area contributed by atoms with Crippen LogP contribution in [0.5, 0.6) is 0 Å². The van der Waals surface area contributed by atoms with Gasteiger partial charge in [-0.2, -0.15) is 0 Å². The third-order valence-corrected chi connectivity index (χ3v) is 17.7. The third kappa shape index (κ3) is 3.41. The maximum atomic E-state index is 2.74. The fraction of sp³-hybridized carbons (Fsp3) is 0.412. The van der Waals surface area contributed by atoms with Crippen LogP contribution in [-0.2, 0) is 0 Å². The van der Waals surface area contributed by atoms with Gasteiger partial charge in [0, 0.05) is 33.0 Å². The molecule has 9 rings (SSSR count). The monoisotopic (exact) mass is 668 g/mol. The molecule has 0 spiro atoms. The van der Waals surface area contributed by atoms with E-state index >= 15 is 0 Å². The van der Waals surface area contributed by atoms with Gasteiger partial charge in [0.15, 0.2) is 0 Å². The van der Waals surface area contributed by atoms with E-state index in [9.17, 15) is 0 Å². The molecule has 0 aliphatic heterocycles. The van der Waals surface area contributed by atoms with Crippen LogP contribution in [0.2, 0.25) is 0 Å². The van der Waals surface area contributed by atoms with Gasteiger partial charge in [-0.15, -0.1) is 0 Å². The highest BCUT2D eigenvalue weighted by atomic mass is 14.9. The molecule has 0 bridgehead atoms. The molecule has 6 aliphatic rings. The van der Waals surface area contributed by atoms with Gasteiger partial charge in [0.05, 0.1) is 0 Å². The van der Waals surface area contributed by atoms with E-state index in [1.54, 1.807) is 16.7 Å². The maximum Gasteiger partial charge on any atom is 0.0276 e. The van der Waals surface area contributed by atoms with Crippen LogP contribution in [0.4, 0.5) is 0 Å². The lowest BCUT2D eigenvalue weighted by Crippen LogP contribution is -2.76. The highest BCUT2D eigenvalue weighted by molar-refractivity contribution is 5.99. The smallest absolute Gasteiger partial charge is 0.0276 e. The molecule has 51 heavy (non-hydrogen) atoms. The first-order valence-electron chi connectivity index (χ1n) is 19.7. The van der Waals surface area contributed by atoms with Crippen molar-refractivity contribution in [3.63, 3.8) is 0 Å². The normalized spacial score (nSPS) is 41.3. The van der Waals surface area contributed by atoms with Gasteiger partial charge < -0.3 is 0 Å². The van der Waals surface area contributed by atoms with Crippen molar-refractivity contribution in [3.8, 4) is 11.1 Å². The topological polar surface area (TPSA) is 0 Å². The van der Waals surface area contributed by atoms with E-state index in [0.29, 0.717) is 5.92 Å². The van der Waals surface area contributed by atoms with Crippen molar-refractivity contribution in [2.24, 2.45) is 43.8 Å². The van der Waals surface area contributed by atoms with Gasteiger partial charge in [-0.3, -0.25) is 0 Å². The van der Waals surface area contributed by atoms with Crippen LogP contribution in [-0.4, -0.2) is 0 Å². The predicted molar refractivity (Wildman–Crippen MR) is 218 cm³/mol. The Morgan fingerprint density at radius 2 is 1.37 bits per heavy atom. The van der Waals surface area contributed by atoms with Gasteiger partial charge in [0.25, 0.3) is 0 Å². The standard InChI is InChI=1S/C51H56/c1-10-19-36-32-42-40(39-25-16-22-35-21-11-12-24-38(35)39)26-17-27-41(42)44(36)43-28-18-31-46(4)45(3)29-13-14-30-47(45,5)51(9)48(6,50(43,46)8)33-37-23-15-20-34(2)49(37,51)7/h11-18,20-32,37,44H,10,19,33H2,1-9H3. The fourth-order valence-electron chi connectivity index (χ4n) is 14.3. The minimum Gasteiger partial charge on any atom is -0.0805 e. The van der Waals surface area contributed by atoms with Crippen molar-refractivity contribution >= 4 is 16.8 Å². The zero-order valence-corrected chi connectivity index (χ0v) is 32.4. The third-order valence-electron chi connectivity index (χ3n) is 17.7. The summed E-state index contributed by atoms with van der Waals surface area (Å²) in [5.74, 6) is 0.743. The van der Waals surface area contributed by atoms with E-state index in [2.05, 4.69) is 190 Å². The first-order valence-corrected chi connectivity index (χ1v) is 19.7. The summed E-state index contributed by atoms with van der Waals surface area (Å²) >= 11 is 0. The zero-order chi connectivity index (χ0) is 35.8. The minimum atomic E-state index is -0.143. The van der Waals surface area contributed by atoms with Crippen molar-refractivity contribution in [3.05, 3.63) is 149 Å². The number of benzene rings is 3. The largest absolute Gasteiger partial charge is 0.0805 e. The van der Waals surface area contributed by atoms with E-state index in [4.69, 9.17) is 0 Å². The molecule has 0 nitrogen and oxygen atoms in total. The molecular formula is C51H56. The molecule has 0 saturated heterocycles. The average molecular weight is 669 g/mol. The minimum absolute atomic E-state index is 0.0222. The van der Waals surface area contributed by atoms with Gasteiger partial charge in [-0.1, -0.05) is 206 Å². The Bertz CT molecular complexity index is 2220. The Morgan fingerprint density at radius 1 is 0.686 bits per heavy atom. The summed E-state index contributed by atoms with van der Waals surface area (Å²) in [7, 11) is 0. The summed E-state index contributed by atoms with van der Waals surface area (Å²) in [6, 6.07) is 22.9. The van der Waals surface area contributed by atoms with Crippen molar-refractivity contribution < 1.29 is 0 Å². The summed E-state index contributed by atoms with van der Waals surface area (Å²) < 4.78 is 0.